The van der Waals surface area contributed by atoms with Crippen molar-refractivity contribution in [1.82, 2.24) is 4.90 Å². The number of sulfonamides is 2. The predicted octanol–water partition coefficient (Wildman–Crippen LogP) is 1.00. The monoisotopic (exact) mass is 433 g/mol. The van der Waals surface area contributed by atoms with Crippen LogP contribution in [0.4, 0.5) is 5.69 Å². The lowest BCUT2D eigenvalue weighted by atomic mass is 10.1. The van der Waals surface area contributed by atoms with E-state index in [-0.39, 0.29) is 25.2 Å². The van der Waals surface area contributed by atoms with Gasteiger partial charge in [-0.2, -0.15) is 0 Å². The average Bonchev–Trinajstić information content (AvgIpc) is 2.84. The van der Waals surface area contributed by atoms with Gasteiger partial charge in [-0.05, 0) is 23.2 Å². The SMILES string of the molecule is CS(=O)(=O)N1CCN(C(=O)c2cc(S(N)(=O)=O)oc2Cl)Cc2ccccc21. The maximum absolute atomic E-state index is 12.9. The molecule has 1 aliphatic heterocycles. The lowest BCUT2D eigenvalue weighted by Gasteiger charge is -2.22. The molecule has 146 valence electrons. The fourth-order valence-corrected chi connectivity index (χ4v) is 4.52. The van der Waals surface area contributed by atoms with E-state index in [0.717, 1.165) is 12.3 Å². The van der Waals surface area contributed by atoms with Crippen LogP contribution in [-0.4, -0.2) is 47.0 Å². The zero-order chi connectivity index (χ0) is 20.0. The highest BCUT2D eigenvalue weighted by Crippen LogP contribution is 2.30. The van der Waals surface area contributed by atoms with Gasteiger partial charge in [0.1, 0.15) is 0 Å². The van der Waals surface area contributed by atoms with Crippen molar-refractivity contribution in [3.8, 4) is 0 Å². The second-order valence-electron chi connectivity index (χ2n) is 5.99. The van der Waals surface area contributed by atoms with Gasteiger partial charge in [-0.1, -0.05) is 18.2 Å². The highest BCUT2D eigenvalue weighted by Gasteiger charge is 2.30. The smallest absolute Gasteiger partial charge is 0.271 e. The first-order valence-electron chi connectivity index (χ1n) is 7.65. The van der Waals surface area contributed by atoms with Gasteiger partial charge in [0.2, 0.25) is 20.3 Å². The van der Waals surface area contributed by atoms with Gasteiger partial charge in [-0.15, -0.1) is 0 Å². The van der Waals surface area contributed by atoms with Crippen molar-refractivity contribution >= 4 is 43.2 Å². The first-order chi connectivity index (χ1) is 12.5. The van der Waals surface area contributed by atoms with E-state index in [2.05, 4.69) is 0 Å². The van der Waals surface area contributed by atoms with Crippen molar-refractivity contribution < 1.29 is 26.0 Å². The standard InChI is InChI=1S/C15H16ClN3O6S2/c1-26(21,22)19-7-6-18(9-10-4-2-3-5-12(10)19)15(20)11-8-13(25-14(11)16)27(17,23)24/h2-5,8H,6-7,9H2,1H3,(H2,17,23,24). The molecule has 12 heteroatoms. The van der Waals surface area contributed by atoms with E-state index < -0.39 is 36.3 Å². The van der Waals surface area contributed by atoms with Crippen LogP contribution in [0.25, 0.3) is 0 Å². The molecule has 0 saturated heterocycles. The third-order valence-electron chi connectivity index (χ3n) is 4.06. The summed E-state index contributed by atoms with van der Waals surface area (Å²) in [5.41, 5.74) is 0.949. The number of carbonyl (C=O) groups is 1. The van der Waals surface area contributed by atoms with E-state index in [0.29, 0.717) is 11.3 Å². The number of carbonyl (C=O) groups excluding carboxylic acids is 1. The molecule has 0 unspecified atom stereocenters. The lowest BCUT2D eigenvalue weighted by molar-refractivity contribution is 0.0751. The van der Waals surface area contributed by atoms with Crippen LogP contribution in [0.5, 0.6) is 0 Å². The molecule has 2 aromatic rings. The van der Waals surface area contributed by atoms with Gasteiger partial charge in [0, 0.05) is 19.2 Å². The molecule has 2 N–H and O–H groups in total. The summed E-state index contributed by atoms with van der Waals surface area (Å²) in [6.45, 7) is 0.235. The van der Waals surface area contributed by atoms with Gasteiger partial charge in [0.25, 0.3) is 15.9 Å². The van der Waals surface area contributed by atoms with Gasteiger partial charge in [0.15, 0.2) is 0 Å². The molecule has 1 amide bonds. The van der Waals surface area contributed by atoms with Crippen molar-refractivity contribution in [1.29, 1.82) is 0 Å². The van der Waals surface area contributed by atoms with Crippen LogP contribution < -0.4 is 9.44 Å². The summed E-state index contributed by atoms with van der Waals surface area (Å²) in [4.78, 5) is 14.2. The van der Waals surface area contributed by atoms with Crippen molar-refractivity contribution in [3.05, 3.63) is 46.7 Å². The molecule has 27 heavy (non-hydrogen) atoms. The number of primary sulfonamides is 1. The quantitative estimate of drug-likeness (QED) is 0.768. The minimum atomic E-state index is -4.16. The Bertz CT molecular complexity index is 1110. The molecular formula is C15H16ClN3O6S2. The van der Waals surface area contributed by atoms with Crippen LogP contribution >= 0.6 is 11.6 Å². The number of hydrogen-bond acceptors (Lipinski definition) is 6. The number of nitrogens with two attached hydrogens (primary N) is 1. The Kier molecular flexibility index (Phi) is 4.97. The number of rotatable bonds is 3. The largest absolute Gasteiger partial charge is 0.431 e. The first-order valence-corrected chi connectivity index (χ1v) is 11.4. The maximum Gasteiger partial charge on any atom is 0.271 e. The molecule has 9 nitrogen and oxygen atoms in total. The van der Waals surface area contributed by atoms with Crippen LogP contribution in [0, 0.1) is 0 Å². The Labute approximate surface area is 161 Å². The van der Waals surface area contributed by atoms with Gasteiger partial charge < -0.3 is 9.32 Å². The molecule has 0 atom stereocenters. The molecule has 0 fully saturated rings. The second-order valence-corrected chi connectivity index (χ2v) is 9.73. The summed E-state index contributed by atoms with van der Waals surface area (Å²) < 4.78 is 53.1. The number of halogens is 1. The molecule has 0 bridgehead atoms. The van der Waals surface area contributed by atoms with Crippen molar-refractivity contribution in [2.75, 3.05) is 23.7 Å². The fourth-order valence-electron chi connectivity index (χ4n) is 2.83. The summed E-state index contributed by atoms with van der Waals surface area (Å²) in [5.74, 6) is -0.594. The summed E-state index contributed by atoms with van der Waals surface area (Å²) in [5, 5.41) is 3.97. The zero-order valence-electron chi connectivity index (χ0n) is 14.1. The zero-order valence-corrected chi connectivity index (χ0v) is 16.5. The molecule has 0 radical (unpaired) electrons. The van der Waals surface area contributed by atoms with Gasteiger partial charge >= 0.3 is 0 Å². The van der Waals surface area contributed by atoms with Gasteiger partial charge in [-0.25, -0.2) is 22.0 Å². The Morgan fingerprint density at radius 1 is 1.19 bits per heavy atom. The molecule has 0 saturated carbocycles. The summed E-state index contributed by atoms with van der Waals surface area (Å²) >= 11 is 5.87. The summed E-state index contributed by atoms with van der Waals surface area (Å²) in [6, 6.07) is 7.78. The van der Waals surface area contributed by atoms with Crippen LogP contribution in [-0.2, 0) is 26.6 Å². The van der Waals surface area contributed by atoms with E-state index in [4.69, 9.17) is 21.2 Å². The lowest BCUT2D eigenvalue weighted by Crippen LogP contribution is -2.37. The summed E-state index contributed by atoms with van der Waals surface area (Å²) in [6.07, 6.45) is 1.09. The molecular weight excluding hydrogens is 418 g/mol. The van der Waals surface area contributed by atoms with Crippen LogP contribution in [0.2, 0.25) is 5.22 Å². The molecule has 1 aromatic heterocycles. The third kappa shape index (κ3) is 3.95. The van der Waals surface area contributed by atoms with Crippen molar-refractivity contribution in [3.63, 3.8) is 0 Å². The molecule has 0 aliphatic carbocycles. The molecule has 1 aromatic carbocycles. The number of anilines is 1. The van der Waals surface area contributed by atoms with Gasteiger partial charge in [-0.3, -0.25) is 9.10 Å². The molecule has 1 aliphatic rings. The van der Waals surface area contributed by atoms with Crippen molar-refractivity contribution in [2.45, 2.75) is 11.6 Å². The first kappa shape index (κ1) is 19.7. The Hall–Kier alpha value is -2.08. The fraction of sp³-hybridized carbons (Fsp3) is 0.267. The van der Waals surface area contributed by atoms with E-state index in [9.17, 15) is 21.6 Å². The van der Waals surface area contributed by atoms with E-state index in [1.807, 2.05) is 0 Å². The van der Waals surface area contributed by atoms with E-state index in [1.54, 1.807) is 24.3 Å². The Morgan fingerprint density at radius 3 is 2.44 bits per heavy atom. The number of para-hydroxylation sites is 1. The maximum atomic E-state index is 12.9. The third-order valence-corrected chi connectivity index (χ3v) is 6.28. The topological polar surface area (TPSA) is 131 Å². The Balaban J connectivity index is 1.98. The molecule has 2 heterocycles. The number of benzene rings is 1. The normalized spacial score (nSPS) is 15.4. The number of fused-ring (bicyclic) bond motifs is 1. The molecule has 3 rings (SSSR count). The highest BCUT2D eigenvalue weighted by atomic mass is 35.5. The van der Waals surface area contributed by atoms with E-state index in [1.165, 1.54) is 9.21 Å². The van der Waals surface area contributed by atoms with Crippen molar-refractivity contribution in [2.24, 2.45) is 5.14 Å². The number of nitrogens with zero attached hydrogens (tertiary/aromatic N) is 2. The highest BCUT2D eigenvalue weighted by molar-refractivity contribution is 7.92. The number of amides is 1. The number of hydrogen-bond donors (Lipinski definition) is 1. The number of furan rings is 1. The van der Waals surface area contributed by atoms with Crippen LogP contribution in [0.15, 0.2) is 39.8 Å². The average molecular weight is 434 g/mol. The predicted molar refractivity (Wildman–Crippen MR) is 98.5 cm³/mol. The minimum Gasteiger partial charge on any atom is -0.431 e. The second kappa shape index (κ2) is 6.82. The molecule has 0 spiro atoms. The van der Waals surface area contributed by atoms with E-state index >= 15 is 0 Å². The van der Waals surface area contributed by atoms with Crippen LogP contribution in [0.1, 0.15) is 15.9 Å². The Morgan fingerprint density at radius 2 is 1.85 bits per heavy atom. The van der Waals surface area contributed by atoms with Crippen LogP contribution in [0.3, 0.4) is 0 Å². The minimum absolute atomic E-state index is 0.0408. The summed E-state index contributed by atoms with van der Waals surface area (Å²) in [7, 11) is -7.71. The van der Waals surface area contributed by atoms with Gasteiger partial charge in [0.05, 0.1) is 24.1 Å².